The van der Waals surface area contributed by atoms with E-state index in [9.17, 15) is 0 Å². The van der Waals surface area contributed by atoms with E-state index in [2.05, 4.69) is 13.2 Å². The van der Waals surface area contributed by atoms with Gasteiger partial charge in [0.25, 0.3) is 0 Å². The van der Waals surface area contributed by atoms with Gasteiger partial charge in [-0.25, -0.2) is 0 Å². The summed E-state index contributed by atoms with van der Waals surface area (Å²) in [6.07, 6.45) is 4.07. The van der Waals surface area contributed by atoms with Crippen LogP contribution in [0.2, 0.25) is 7.86 Å². The van der Waals surface area contributed by atoms with Gasteiger partial charge < -0.3 is 0 Å². The molecule has 0 aromatic rings. The molecule has 0 aliphatic rings. The van der Waals surface area contributed by atoms with Crippen molar-refractivity contribution in [1.29, 1.82) is 0 Å². The van der Waals surface area contributed by atoms with Crippen molar-refractivity contribution in [3.8, 4) is 0 Å². The van der Waals surface area contributed by atoms with E-state index < -0.39 is 24.6 Å². The van der Waals surface area contributed by atoms with Crippen LogP contribution < -0.4 is 0 Å². The van der Waals surface area contributed by atoms with Crippen LogP contribution in [0.4, 0.5) is 0 Å². The fraction of sp³-hybridized carbons (Fsp3) is 0.333. The zero-order valence-corrected chi connectivity index (χ0v) is 10.2. The number of hydrogen-bond donors (Lipinski definition) is 0. The van der Waals surface area contributed by atoms with Crippen LogP contribution in [0.15, 0.2) is 25.3 Å². The first-order chi connectivity index (χ1) is 3.41. The topological polar surface area (TPSA) is 0 Å². The normalized spacial score (nSPS) is 6.86. The van der Waals surface area contributed by atoms with Crippen molar-refractivity contribution in [1.82, 2.24) is 0 Å². The van der Waals surface area contributed by atoms with Crippen molar-refractivity contribution in [3.05, 3.63) is 25.3 Å². The molecule has 0 radical (unpaired) electrons. The first-order valence-corrected chi connectivity index (χ1v) is 10.4. The van der Waals surface area contributed by atoms with Crippen LogP contribution in [0.25, 0.3) is 0 Å². The molecule has 7 heavy (non-hydrogen) atoms. The Morgan fingerprint density at radius 2 is 1.57 bits per heavy atom. The molecule has 0 amide bonds. The second-order valence-electron chi connectivity index (χ2n) is 1.51. The zero-order chi connectivity index (χ0) is 5.54. The van der Waals surface area contributed by atoms with Gasteiger partial charge in [0.15, 0.2) is 0 Å². The van der Waals surface area contributed by atoms with Crippen molar-refractivity contribution in [2.24, 2.45) is 0 Å². The van der Waals surface area contributed by atoms with Gasteiger partial charge in [-0.05, 0) is 0 Å². The van der Waals surface area contributed by atoms with E-state index in [1.54, 1.807) is 0 Å². The predicted molar refractivity (Wildman–Crippen MR) is 30.0 cm³/mol. The molecule has 0 atom stereocenters. The van der Waals surface area contributed by atoms with Crippen LogP contribution in [0.1, 0.15) is 0 Å². The molecule has 0 N–H and O–H groups in total. The van der Waals surface area contributed by atoms with E-state index in [4.69, 9.17) is 0 Å². The van der Waals surface area contributed by atoms with Gasteiger partial charge in [0.2, 0.25) is 0 Å². The van der Waals surface area contributed by atoms with Crippen molar-refractivity contribution >= 4 is 0 Å². The van der Waals surface area contributed by atoms with Gasteiger partial charge in [-0.1, -0.05) is 0 Å². The van der Waals surface area contributed by atoms with Gasteiger partial charge in [0.1, 0.15) is 0 Å². The van der Waals surface area contributed by atoms with Gasteiger partial charge in [0.05, 0.1) is 0 Å². The molecule has 0 aliphatic carbocycles. The van der Waals surface area contributed by atoms with E-state index in [0.717, 1.165) is 0 Å². The summed E-state index contributed by atoms with van der Waals surface area (Å²) in [5.41, 5.74) is 0. The Kier molecular flexibility index (Phi) is 6.80. The molecule has 0 heterocycles. The van der Waals surface area contributed by atoms with Crippen molar-refractivity contribution in [2.75, 3.05) is 0 Å². The van der Waals surface area contributed by atoms with Crippen LogP contribution >= 0.6 is 0 Å². The fourth-order valence-electron chi connectivity index (χ4n) is 0.407. The van der Waals surface area contributed by atoms with Crippen LogP contribution in [0.5, 0.6) is 0 Å². The second kappa shape index (κ2) is 6.42. The molecule has 0 aromatic heterocycles. The van der Waals surface area contributed by atoms with E-state index >= 15 is 0 Å². The third-order valence-electron chi connectivity index (χ3n) is 0.816. The molecule has 0 aromatic carbocycles. The maximum atomic E-state index is 3.65. The Bertz CT molecular complexity index is 49.2. The van der Waals surface area contributed by atoms with Crippen LogP contribution in [0, 0.1) is 0 Å². The fourth-order valence-corrected chi connectivity index (χ4v) is 3.57. The van der Waals surface area contributed by atoms with Crippen LogP contribution in [0.3, 0.4) is 0 Å². The Balaban J connectivity index is 2.68. The summed E-state index contributed by atoms with van der Waals surface area (Å²) in [7, 11) is 0. The van der Waals surface area contributed by atoms with Crippen molar-refractivity contribution in [2.45, 2.75) is 7.86 Å². The molecule has 0 unspecified atom stereocenters. The summed E-state index contributed by atoms with van der Waals surface area (Å²) in [6.45, 7) is 7.31. The minimum atomic E-state index is -0.441. The molecule has 0 bridgehead atoms. The van der Waals surface area contributed by atoms with Gasteiger partial charge in [-0.15, -0.1) is 0 Å². The monoisotopic (exact) mass is 284 g/mol. The van der Waals surface area contributed by atoms with Gasteiger partial charge in [-0.2, -0.15) is 0 Å². The average Bonchev–Trinajstić information content (AvgIpc) is 1.69. The summed E-state index contributed by atoms with van der Waals surface area (Å²) in [4.78, 5) is 0. The first-order valence-electron chi connectivity index (χ1n) is 2.63. The second-order valence-corrected chi connectivity index (χ2v) is 8.75. The third-order valence-corrected chi connectivity index (χ3v) is 7.16. The summed E-state index contributed by atoms with van der Waals surface area (Å²) in [5, 5.41) is 0. The van der Waals surface area contributed by atoms with E-state index in [1.165, 1.54) is 7.86 Å². The maximum absolute atomic E-state index is 3.65. The predicted octanol–water partition coefficient (Wildman–Crippen LogP) is 2.28. The molecular weight excluding hydrogens is 273 g/mol. The molecule has 0 aliphatic heterocycles. The van der Waals surface area contributed by atoms with Gasteiger partial charge in [0, 0.05) is 0 Å². The molecule has 0 rings (SSSR count). The summed E-state index contributed by atoms with van der Waals surface area (Å²) in [6, 6.07) is 0. The molecule has 0 nitrogen and oxygen atoms in total. The number of allylic oxidation sites excluding steroid dienone is 2. The van der Waals surface area contributed by atoms with Gasteiger partial charge in [-0.3, -0.25) is 0 Å². The Morgan fingerprint density at radius 3 is 1.86 bits per heavy atom. The van der Waals surface area contributed by atoms with Gasteiger partial charge >= 0.3 is 57.7 Å². The molecular formula is C6H10Hg. The summed E-state index contributed by atoms with van der Waals surface area (Å²) in [5.74, 6) is 0. The van der Waals surface area contributed by atoms with E-state index in [0.29, 0.717) is 0 Å². The molecule has 0 saturated carbocycles. The Morgan fingerprint density at radius 1 is 1.14 bits per heavy atom. The van der Waals surface area contributed by atoms with Crippen molar-refractivity contribution < 1.29 is 24.6 Å². The van der Waals surface area contributed by atoms with Crippen LogP contribution in [-0.2, 0) is 24.6 Å². The Labute approximate surface area is 57.7 Å². The average molecular weight is 283 g/mol. The summed E-state index contributed by atoms with van der Waals surface area (Å²) >= 11 is -0.441. The molecule has 0 saturated heterocycles. The number of hydrogen-bond acceptors (Lipinski definition) is 0. The zero-order valence-electron chi connectivity index (χ0n) is 4.69. The van der Waals surface area contributed by atoms with Crippen molar-refractivity contribution in [3.63, 3.8) is 0 Å². The molecule has 0 spiro atoms. The molecule has 36 valence electrons. The quantitative estimate of drug-likeness (QED) is 0.422. The number of rotatable bonds is 4. The van der Waals surface area contributed by atoms with Crippen LogP contribution in [-0.4, -0.2) is 0 Å². The van der Waals surface area contributed by atoms with E-state index in [1.807, 2.05) is 12.2 Å². The SMILES string of the molecule is C=C[CH2][Hg][CH2]C=C. The standard InChI is InChI=1S/2C3H5.Hg/c2*1-3-2;/h2*3H,1-2H2;. The molecule has 1 heteroatoms. The minimum absolute atomic E-state index is 0.441. The first kappa shape index (κ1) is 7.42. The molecule has 0 fully saturated rings. The Hall–Kier alpha value is 0.415. The third kappa shape index (κ3) is 6.42. The van der Waals surface area contributed by atoms with E-state index in [-0.39, 0.29) is 0 Å². The summed E-state index contributed by atoms with van der Waals surface area (Å²) < 4.78 is 2.68.